The normalized spacial score (nSPS) is 16.6. The molecule has 1 atom stereocenters. The smallest absolute Gasteiger partial charge is 0.0871 e. The molecule has 0 saturated heterocycles. The number of unbranched alkanes of at least 4 members (excludes halogenated alkanes) is 3. The van der Waals surface area contributed by atoms with Crippen LogP contribution >= 0.6 is 0 Å². The molecule has 0 spiro atoms. The second-order valence-corrected chi connectivity index (χ2v) is 5.85. The Balaban J connectivity index is 3.21. The van der Waals surface area contributed by atoms with Crippen molar-refractivity contribution in [1.29, 1.82) is 0 Å². The Hall–Kier alpha value is 0.330. The summed E-state index contributed by atoms with van der Waals surface area (Å²) in [6.45, 7) is 2.13. The molecule has 0 bridgehead atoms. The highest BCUT2D eigenvalue weighted by Crippen LogP contribution is 1.99. The molecule has 0 heterocycles. The van der Waals surface area contributed by atoms with E-state index in [4.69, 9.17) is 5.14 Å². The first-order valence-electron chi connectivity index (χ1n) is 3.56. The fourth-order valence-electron chi connectivity index (χ4n) is 0.730. The molecule has 10 heavy (non-hydrogen) atoms. The Morgan fingerprint density at radius 3 is 2.40 bits per heavy atom. The van der Waals surface area contributed by atoms with E-state index < -0.39 is 8.68 Å². The lowest BCUT2D eigenvalue weighted by Gasteiger charge is -1.98. The molecule has 62 valence electrons. The third-order valence-corrected chi connectivity index (χ3v) is 2.64. The number of nitrogens with two attached hydrogens (primary N) is 1. The minimum atomic E-state index is -2.37. The first-order valence-corrected chi connectivity index (χ1v) is 6.28. The molecule has 0 aromatic rings. The average molecular weight is 181 g/mol. The highest BCUT2D eigenvalue weighted by molar-refractivity contribution is 8.31. The summed E-state index contributed by atoms with van der Waals surface area (Å²) in [5.41, 5.74) is 0. The predicted octanol–water partition coefficient (Wildman–Crippen LogP) is 1.19. The molecule has 0 aromatic carbocycles. The van der Waals surface area contributed by atoms with Crippen molar-refractivity contribution < 1.29 is 4.21 Å². The summed E-state index contributed by atoms with van der Waals surface area (Å²) in [5, 5.41) is 5.16. The fraction of sp³-hybridized carbons (Fsp3) is 1.00. The highest BCUT2D eigenvalue weighted by atomic mass is 32.8. The molecule has 0 fully saturated rings. The Morgan fingerprint density at radius 2 is 2.00 bits per heavy atom. The van der Waals surface area contributed by atoms with E-state index in [1.165, 1.54) is 12.8 Å². The molecule has 0 aromatic heterocycles. The minimum Gasteiger partial charge on any atom is -0.251 e. The lowest BCUT2D eigenvalue weighted by molar-refractivity contribution is 0.668. The highest BCUT2D eigenvalue weighted by Gasteiger charge is 1.96. The van der Waals surface area contributed by atoms with Gasteiger partial charge < -0.3 is 0 Å². The van der Waals surface area contributed by atoms with Crippen molar-refractivity contribution in [1.82, 2.24) is 0 Å². The van der Waals surface area contributed by atoms with Crippen LogP contribution in [0.15, 0.2) is 0 Å². The topological polar surface area (TPSA) is 43.1 Å². The maximum absolute atomic E-state index is 10.7. The molecular weight excluding hydrogens is 166 g/mol. The van der Waals surface area contributed by atoms with Gasteiger partial charge in [0, 0.05) is 5.75 Å². The van der Waals surface area contributed by atoms with E-state index in [0.29, 0.717) is 5.75 Å². The minimum absolute atomic E-state index is 0.502. The quantitative estimate of drug-likeness (QED) is 0.647. The molecule has 2 N–H and O–H groups in total. The average Bonchev–Trinajstić information content (AvgIpc) is 1.78. The van der Waals surface area contributed by atoms with Crippen LogP contribution in [-0.2, 0) is 19.9 Å². The summed E-state index contributed by atoms with van der Waals surface area (Å²) in [4.78, 5) is 0. The molecule has 0 aliphatic carbocycles. The van der Waals surface area contributed by atoms with Crippen LogP contribution < -0.4 is 5.14 Å². The van der Waals surface area contributed by atoms with Gasteiger partial charge in [0.15, 0.2) is 0 Å². The molecule has 0 radical (unpaired) electrons. The van der Waals surface area contributed by atoms with E-state index in [1.807, 2.05) is 0 Å². The van der Waals surface area contributed by atoms with Crippen molar-refractivity contribution in [2.75, 3.05) is 5.75 Å². The summed E-state index contributed by atoms with van der Waals surface area (Å²) in [6, 6.07) is 0. The third-order valence-electron chi connectivity index (χ3n) is 1.28. The van der Waals surface area contributed by atoms with E-state index >= 15 is 0 Å². The van der Waals surface area contributed by atoms with Gasteiger partial charge in [-0.3, -0.25) is 5.14 Å². The summed E-state index contributed by atoms with van der Waals surface area (Å²) >= 11 is 4.54. The predicted molar refractivity (Wildman–Crippen MR) is 48.7 cm³/mol. The van der Waals surface area contributed by atoms with Gasteiger partial charge in [-0.1, -0.05) is 26.2 Å². The number of hydrogen-bond acceptors (Lipinski definition) is 2. The van der Waals surface area contributed by atoms with Gasteiger partial charge in [-0.25, -0.2) is 4.21 Å². The summed E-state index contributed by atoms with van der Waals surface area (Å²) in [6.07, 6.45) is 4.38. The van der Waals surface area contributed by atoms with Crippen LogP contribution in [0.1, 0.15) is 32.6 Å². The molecule has 0 amide bonds. The Bertz CT molecular complexity index is 163. The van der Waals surface area contributed by atoms with Gasteiger partial charge >= 0.3 is 0 Å². The number of rotatable bonds is 5. The van der Waals surface area contributed by atoms with Crippen molar-refractivity contribution in [3.05, 3.63) is 0 Å². The fourth-order valence-corrected chi connectivity index (χ4v) is 1.69. The van der Waals surface area contributed by atoms with E-state index in [0.717, 1.165) is 12.8 Å². The van der Waals surface area contributed by atoms with E-state index in [-0.39, 0.29) is 0 Å². The molecule has 4 heteroatoms. The molecule has 0 aliphatic heterocycles. The van der Waals surface area contributed by atoms with Crippen LogP contribution in [0.25, 0.3) is 0 Å². The van der Waals surface area contributed by atoms with Gasteiger partial charge in [-0.15, -0.1) is 0 Å². The maximum Gasteiger partial charge on any atom is 0.0871 e. The largest absolute Gasteiger partial charge is 0.251 e. The standard InChI is InChI=1S/C6H15NOS2/c1-2-3-4-5-6-10(7,8)9/h2-6H2,1H3,(H2,7,8,9). The SMILES string of the molecule is CCCCCCS(N)(=O)=S. The molecule has 0 rings (SSSR count). The van der Waals surface area contributed by atoms with E-state index in [1.54, 1.807) is 0 Å². The zero-order valence-corrected chi connectivity index (χ0v) is 7.97. The van der Waals surface area contributed by atoms with Crippen LogP contribution in [0.5, 0.6) is 0 Å². The molecular formula is C6H15NOS2. The van der Waals surface area contributed by atoms with Crippen molar-refractivity contribution in [2.24, 2.45) is 5.14 Å². The van der Waals surface area contributed by atoms with E-state index in [9.17, 15) is 4.21 Å². The first kappa shape index (κ1) is 10.3. The van der Waals surface area contributed by atoms with Crippen LogP contribution in [0, 0.1) is 0 Å². The van der Waals surface area contributed by atoms with Gasteiger partial charge in [0.1, 0.15) is 0 Å². The lowest BCUT2D eigenvalue weighted by Crippen LogP contribution is -2.14. The van der Waals surface area contributed by atoms with Gasteiger partial charge in [0.05, 0.1) is 8.68 Å². The Kier molecular flexibility index (Phi) is 5.21. The lowest BCUT2D eigenvalue weighted by atomic mass is 10.2. The maximum atomic E-state index is 10.7. The van der Waals surface area contributed by atoms with Gasteiger partial charge in [0.2, 0.25) is 0 Å². The van der Waals surface area contributed by atoms with Crippen molar-refractivity contribution in [3.63, 3.8) is 0 Å². The number of hydrogen-bond donors (Lipinski definition) is 1. The Morgan fingerprint density at radius 1 is 1.40 bits per heavy atom. The zero-order chi connectivity index (χ0) is 8.04. The molecule has 0 saturated carbocycles. The van der Waals surface area contributed by atoms with Crippen LogP contribution in [0.2, 0.25) is 0 Å². The molecule has 0 aliphatic rings. The van der Waals surface area contributed by atoms with Crippen molar-refractivity contribution in [2.45, 2.75) is 32.6 Å². The first-order chi connectivity index (χ1) is 4.56. The second kappa shape index (κ2) is 5.04. The Labute approximate surface area is 68.0 Å². The van der Waals surface area contributed by atoms with Crippen molar-refractivity contribution in [3.8, 4) is 0 Å². The van der Waals surface area contributed by atoms with Crippen molar-refractivity contribution >= 4 is 19.9 Å². The van der Waals surface area contributed by atoms with Gasteiger partial charge in [-0.05, 0) is 17.6 Å². The third kappa shape index (κ3) is 8.33. The van der Waals surface area contributed by atoms with Crippen LogP contribution in [0.4, 0.5) is 0 Å². The van der Waals surface area contributed by atoms with E-state index in [2.05, 4.69) is 18.1 Å². The monoisotopic (exact) mass is 181 g/mol. The van der Waals surface area contributed by atoms with Gasteiger partial charge in [0.25, 0.3) is 0 Å². The van der Waals surface area contributed by atoms with Crippen LogP contribution in [-0.4, -0.2) is 9.96 Å². The summed E-state index contributed by atoms with van der Waals surface area (Å²) in [7, 11) is -2.37. The summed E-state index contributed by atoms with van der Waals surface area (Å²) < 4.78 is 10.7. The zero-order valence-electron chi connectivity index (χ0n) is 6.34. The second-order valence-electron chi connectivity index (χ2n) is 2.43. The van der Waals surface area contributed by atoms with Gasteiger partial charge in [-0.2, -0.15) is 0 Å². The van der Waals surface area contributed by atoms with Crippen LogP contribution in [0.3, 0.4) is 0 Å². The molecule has 1 unspecified atom stereocenters. The molecule has 2 nitrogen and oxygen atoms in total. The summed E-state index contributed by atoms with van der Waals surface area (Å²) in [5.74, 6) is 0.502.